The van der Waals surface area contributed by atoms with E-state index in [9.17, 15) is 17.6 Å². The van der Waals surface area contributed by atoms with E-state index in [0.29, 0.717) is 37.5 Å². The molecule has 57 heavy (non-hydrogen) atoms. The van der Waals surface area contributed by atoms with Gasteiger partial charge in [-0.2, -0.15) is 17.6 Å². The Bertz CT molecular complexity index is 1540. The Morgan fingerprint density at radius 3 is 1.21 bits per heavy atom. The van der Waals surface area contributed by atoms with Crippen molar-refractivity contribution in [1.82, 2.24) is 0 Å². The molecule has 0 saturated heterocycles. The summed E-state index contributed by atoms with van der Waals surface area (Å²) >= 11 is 0. The van der Waals surface area contributed by atoms with Gasteiger partial charge in [0.25, 0.3) is 0 Å². The molecule has 2 fully saturated rings. The van der Waals surface area contributed by atoms with Gasteiger partial charge in [-0.25, -0.2) is 0 Å². The molecule has 0 aliphatic heterocycles. The van der Waals surface area contributed by atoms with E-state index in [1.807, 2.05) is 72.8 Å². The summed E-state index contributed by atoms with van der Waals surface area (Å²) in [4.78, 5) is 0. The van der Waals surface area contributed by atoms with Crippen LogP contribution in [0.2, 0.25) is 0 Å². The van der Waals surface area contributed by atoms with E-state index in [0.717, 1.165) is 47.0 Å². The molecule has 0 radical (unpaired) electrons. The fourth-order valence-electron chi connectivity index (χ4n) is 9.72. The van der Waals surface area contributed by atoms with Gasteiger partial charge in [0.05, 0.1) is 11.2 Å². The first-order valence-corrected chi connectivity index (χ1v) is 22.5. The summed E-state index contributed by atoms with van der Waals surface area (Å²) in [5, 5.41) is 0. The molecule has 0 heterocycles. The molecule has 6 rings (SSSR count). The number of rotatable bonds is 19. The fourth-order valence-corrected chi connectivity index (χ4v) is 9.72. The van der Waals surface area contributed by atoms with E-state index in [1.54, 1.807) is 0 Å². The van der Waals surface area contributed by atoms with Gasteiger partial charge >= 0.3 is 13.2 Å². The fraction of sp³-hybridized carbons (Fsp3) is 0.608. The quantitative estimate of drug-likeness (QED) is 0.104. The lowest BCUT2D eigenvalue weighted by molar-refractivity contribution is -0.194. The molecule has 2 unspecified atom stereocenters. The van der Waals surface area contributed by atoms with Crippen molar-refractivity contribution >= 4 is 11.1 Å². The third-order valence-corrected chi connectivity index (χ3v) is 13.4. The standard InChI is InChI=1S/C26H36F2O.C25H34F2O/c1-2-3-5-8-21-11-13-22(14-12-21)15-18-26(29-25(27)28)19-16-24(17-20-26)23-9-6-4-7-10-23;1-2-3-7-20-10-12-21(13-11-20)14-17-25(28-24(26)27)18-15-23(16-19-25)22-8-5-4-6-9-22/h4,6-7,9-10,16-17,19,21-22,25H,2-3,5,8,11-15,18,20H2,1H3;4-6,8-9,15-16,18,20-21,24H,2-3,7,10-14,17,19H2,1H3. The minimum atomic E-state index is -2.74. The lowest BCUT2D eigenvalue weighted by Crippen LogP contribution is -2.34. The molecular formula is C51H70F4O2. The minimum Gasteiger partial charge on any atom is -0.312 e. The number of benzene rings is 2. The molecule has 2 atom stereocenters. The number of hydrogen-bond donors (Lipinski definition) is 0. The van der Waals surface area contributed by atoms with Crippen molar-refractivity contribution < 1.29 is 27.0 Å². The van der Waals surface area contributed by atoms with Crippen molar-refractivity contribution in [3.63, 3.8) is 0 Å². The molecule has 2 aromatic carbocycles. The molecule has 0 spiro atoms. The summed E-state index contributed by atoms with van der Waals surface area (Å²) in [6, 6.07) is 20.2. The lowest BCUT2D eigenvalue weighted by Gasteiger charge is -2.35. The molecule has 2 aromatic rings. The first-order chi connectivity index (χ1) is 27.7. The molecule has 314 valence electrons. The summed E-state index contributed by atoms with van der Waals surface area (Å²) in [5.41, 5.74) is 2.71. The van der Waals surface area contributed by atoms with E-state index in [1.165, 1.54) is 96.3 Å². The highest BCUT2D eigenvalue weighted by atomic mass is 19.3. The lowest BCUT2D eigenvalue weighted by atomic mass is 9.76. The maximum Gasteiger partial charge on any atom is 0.346 e. The smallest absolute Gasteiger partial charge is 0.312 e. The van der Waals surface area contributed by atoms with Gasteiger partial charge in [0.15, 0.2) is 0 Å². The molecule has 0 bridgehead atoms. The Balaban J connectivity index is 0.000000218. The zero-order valence-corrected chi connectivity index (χ0v) is 34.9. The normalized spacial score (nSPS) is 27.5. The van der Waals surface area contributed by atoms with Gasteiger partial charge in [0.1, 0.15) is 0 Å². The van der Waals surface area contributed by atoms with E-state index >= 15 is 0 Å². The van der Waals surface area contributed by atoms with Crippen molar-refractivity contribution in [2.75, 3.05) is 0 Å². The SMILES string of the molecule is CCCCC1CCC(CCC2(OC(F)F)C=CC(c3ccccc3)=CC2)CC1.CCCCCC1CCC(CCC2(OC(F)F)C=CC(c3ccccc3)=CC2)CC1. The Kier molecular flexibility index (Phi) is 18.7. The summed E-state index contributed by atoms with van der Waals surface area (Å²) in [7, 11) is 0. The molecule has 4 aliphatic rings. The van der Waals surface area contributed by atoms with Gasteiger partial charge in [-0.05, 0) is 84.5 Å². The van der Waals surface area contributed by atoms with Crippen molar-refractivity contribution in [2.24, 2.45) is 23.7 Å². The second-order valence-corrected chi connectivity index (χ2v) is 17.5. The van der Waals surface area contributed by atoms with Crippen LogP contribution in [0.3, 0.4) is 0 Å². The van der Waals surface area contributed by atoms with Crippen LogP contribution in [-0.4, -0.2) is 24.4 Å². The van der Waals surface area contributed by atoms with E-state index in [2.05, 4.69) is 38.1 Å². The largest absolute Gasteiger partial charge is 0.346 e. The third-order valence-electron chi connectivity index (χ3n) is 13.4. The van der Waals surface area contributed by atoms with Gasteiger partial charge in [-0.1, -0.05) is 207 Å². The highest BCUT2D eigenvalue weighted by molar-refractivity contribution is 5.76. The highest BCUT2D eigenvalue weighted by Gasteiger charge is 2.35. The van der Waals surface area contributed by atoms with Crippen LogP contribution in [0, 0.1) is 23.7 Å². The predicted octanol–water partition coefficient (Wildman–Crippen LogP) is 16.0. The van der Waals surface area contributed by atoms with Gasteiger partial charge in [0, 0.05) is 0 Å². The van der Waals surface area contributed by atoms with Crippen LogP contribution in [0.4, 0.5) is 17.6 Å². The molecule has 2 nitrogen and oxygen atoms in total. The van der Waals surface area contributed by atoms with Crippen molar-refractivity contribution in [2.45, 2.75) is 173 Å². The maximum absolute atomic E-state index is 13.2. The Hall–Kier alpha value is -2.96. The zero-order valence-electron chi connectivity index (χ0n) is 34.9. The predicted molar refractivity (Wildman–Crippen MR) is 229 cm³/mol. The van der Waals surface area contributed by atoms with E-state index < -0.39 is 24.4 Å². The third kappa shape index (κ3) is 15.0. The molecule has 6 heteroatoms. The Morgan fingerprint density at radius 2 is 0.877 bits per heavy atom. The number of hydrogen-bond acceptors (Lipinski definition) is 2. The van der Waals surface area contributed by atoms with Crippen LogP contribution in [0.1, 0.15) is 160 Å². The second kappa shape index (κ2) is 23.6. The van der Waals surface area contributed by atoms with E-state index in [4.69, 9.17) is 9.47 Å². The summed E-state index contributed by atoms with van der Waals surface area (Å²) in [6.45, 7) is -0.961. The van der Waals surface area contributed by atoms with Gasteiger partial charge in [0.2, 0.25) is 0 Å². The first kappa shape index (κ1) is 45.1. The Labute approximate surface area is 342 Å². The minimum absolute atomic E-state index is 0.518. The van der Waals surface area contributed by atoms with Crippen LogP contribution < -0.4 is 0 Å². The van der Waals surface area contributed by atoms with E-state index in [-0.39, 0.29) is 0 Å². The first-order valence-electron chi connectivity index (χ1n) is 22.5. The van der Waals surface area contributed by atoms with Crippen LogP contribution >= 0.6 is 0 Å². The van der Waals surface area contributed by atoms with Crippen molar-refractivity contribution in [1.29, 1.82) is 0 Å². The molecule has 2 saturated carbocycles. The van der Waals surface area contributed by atoms with Crippen LogP contribution in [0.25, 0.3) is 11.1 Å². The molecule has 0 amide bonds. The monoisotopic (exact) mass is 791 g/mol. The molecule has 0 N–H and O–H groups in total. The number of halogens is 4. The van der Waals surface area contributed by atoms with Crippen LogP contribution in [0.15, 0.2) is 97.1 Å². The Morgan fingerprint density at radius 1 is 0.509 bits per heavy atom. The average molecular weight is 791 g/mol. The van der Waals surface area contributed by atoms with Crippen molar-refractivity contribution in [3.05, 3.63) is 108 Å². The second-order valence-electron chi connectivity index (χ2n) is 17.5. The van der Waals surface area contributed by atoms with Gasteiger partial charge in [-0.3, -0.25) is 0 Å². The summed E-state index contributed by atoms with van der Waals surface area (Å²) < 4.78 is 63.0. The number of unbranched alkanes of at least 4 members (excludes halogenated alkanes) is 3. The molecule has 4 aliphatic carbocycles. The summed E-state index contributed by atoms with van der Waals surface area (Å²) in [5.74, 6) is 3.08. The zero-order chi connectivity index (χ0) is 40.4. The summed E-state index contributed by atoms with van der Waals surface area (Å²) in [6.07, 6.45) is 35.7. The number of ether oxygens (including phenoxy) is 2. The van der Waals surface area contributed by atoms with Crippen LogP contribution in [-0.2, 0) is 9.47 Å². The van der Waals surface area contributed by atoms with Gasteiger partial charge in [-0.15, -0.1) is 0 Å². The number of alkyl halides is 4. The number of allylic oxidation sites excluding steroid dienone is 4. The molecule has 0 aromatic heterocycles. The maximum atomic E-state index is 13.2. The molecular weight excluding hydrogens is 721 g/mol. The van der Waals surface area contributed by atoms with Gasteiger partial charge < -0.3 is 9.47 Å². The highest BCUT2D eigenvalue weighted by Crippen LogP contribution is 2.41. The average Bonchev–Trinajstić information content (AvgIpc) is 3.23. The topological polar surface area (TPSA) is 18.5 Å². The van der Waals surface area contributed by atoms with Crippen molar-refractivity contribution in [3.8, 4) is 0 Å². The van der Waals surface area contributed by atoms with Crippen LogP contribution in [0.5, 0.6) is 0 Å².